The van der Waals surface area contributed by atoms with Crippen molar-refractivity contribution in [2.75, 3.05) is 30.3 Å². The number of pyridine rings is 1. The number of aromatic nitrogens is 1. The van der Waals surface area contributed by atoms with Gasteiger partial charge in [-0.3, -0.25) is 0 Å². The van der Waals surface area contributed by atoms with Crippen LogP contribution in [0.15, 0.2) is 12.3 Å². The third-order valence-corrected chi connectivity index (χ3v) is 3.42. The monoisotopic (exact) mass is 263 g/mol. The number of ether oxygens (including phenoxy) is 1. The molecule has 1 aliphatic rings. The Morgan fingerprint density at radius 1 is 1.63 bits per heavy atom. The molecule has 1 atom stereocenters. The highest BCUT2D eigenvalue weighted by atomic mass is 16.5. The van der Waals surface area contributed by atoms with Gasteiger partial charge in [0, 0.05) is 19.3 Å². The van der Waals surface area contributed by atoms with Crippen LogP contribution in [0.4, 0.5) is 11.5 Å². The second-order valence-corrected chi connectivity index (χ2v) is 5.01. The van der Waals surface area contributed by atoms with Crippen LogP contribution < -0.4 is 10.6 Å². The van der Waals surface area contributed by atoms with Crippen LogP contribution in [0, 0.1) is 5.92 Å². The Kier molecular flexibility index (Phi) is 4.24. The van der Waals surface area contributed by atoms with Crippen molar-refractivity contribution in [1.29, 1.82) is 0 Å². The second-order valence-electron chi connectivity index (χ2n) is 5.01. The molecule has 1 fully saturated rings. The third-order valence-electron chi connectivity index (χ3n) is 3.42. The largest absolute Gasteiger partial charge is 0.462 e. The molecule has 2 rings (SSSR count). The first-order chi connectivity index (χ1) is 9.13. The zero-order chi connectivity index (χ0) is 13.8. The number of nitrogen functional groups attached to an aromatic ring is 1. The minimum atomic E-state index is -0.381. The number of nitrogens with two attached hydrogens (primary N) is 1. The minimum absolute atomic E-state index is 0.344. The van der Waals surface area contributed by atoms with E-state index in [2.05, 4.69) is 16.8 Å². The highest BCUT2D eigenvalue weighted by molar-refractivity contribution is 5.97. The lowest BCUT2D eigenvalue weighted by Crippen LogP contribution is -2.35. The van der Waals surface area contributed by atoms with Crippen molar-refractivity contribution in [3.05, 3.63) is 17.8 Å². The first kappa shape index (κ1) is 13.6. The van der Waals surface area contributed by atoms with E-state index in [1.807, 2.05) is 0 Å². The summed E-state index contributed by atoms with van der Waals surface area (Å²) in [6.07, 6.45) is 3.98. The molecule has 2 N–H and O–H groups in total. The number of hydrogen-bond acceptors (Lipinski definition) is 5. The lowest BCUT2D eigenvalue weighted by atomic mass is 10.00. The van der Waals surface area contributed by atoms with Crippen LogP contribution in [0.3, 0.4) is 0 Å². The molecule has 0 saturated carbocycles. The average molecular weight is 263 g/mol. The van der Waals surface area contributed by atoms with Gasteiger partial charge in [-0.2, -0.15) is 0 Å². The summed E-state index contributed by atoms with van der Waals surface area (Å²) < 4.78 is 5.01. The quantitative estimate of drug-likeness (QED) is 0.846. The van der Waals surface area contributed by atoms with Crippen LogP contribution in [-0.2, 0) is 4.74 Å². The molecule has 0 spiro atoms. The van der Waals surface area contributed by atoms with E-state index in [-0.39, 0.29) is 5.97 Å². The number of nitrogens with zero attached hydrogens (tertiary/aromatic N) is 2. The molecular weight excluding hydrogens is 242 g/mol. The molecule has 1 aromatic heterocycles. The van der Waals surface area contributed by atoms with Crippen molar-refractivity contribution >= 4 is 17.5 Å². The van der Waals surface area contributed by atoms with E-state index in [0.717, 1.165) is 19.5 Å². The number of piperidine rings is 1. The Bertz CT molecular complexity index is 462. The molecule has 5 nitrogen and oxygen atoms in total. The standard InChI is InChI=1S/C14H21N3O2/c1-3-19-14(18)11-6-7-16-13(12(11)15)17-8-4-5-10(2)9-17/h6-7,10H,3-5,8-9,15H2,1-2H3. The normalized spacial score (nSPS) is 19.3. The van der Waals surface area contributed by atoms with Crippen LogP contribution in [0.5, 0.6) is 0 Å². The predicted octanol–water partition coefficient (Wildman–Crippen LogP) is 2.08. The molecule has 19 heavy (non-hydrogen) atoms. The Morgan fingerprint density at radius 2 is 2.42 bits per heavy atom. The maximum atomic E-state index is 11.8. The summed E-state index contributed by atoms with van der Waals surface area (Å²) >= 11 is 0. The molecule has 1 unspecified atom stereocenters. The summed E-state index contributed by atoms with van der Waals surface area (Å²) in [6.45, 7) is 6.22. The molecule has 2 heterocycles. The fraction of sp³-hybridized carbons (Fsp3) is 0.571. The van der Waals surface area contributed by atoms with Gasteiger partial charge in [0.2, 0.25) is 0 Å². The molecule has 0 amide bonds. The van der Waals surface area contributed by atoms with Gasteiger partial charge in [0.25, 0.3) is 0 Å². The third kappa shape index (κ3) is 2.97. The first-order valence-electron chi connectivity index (χ1n) is 6.80. The Hall–Kier alpha value is -1.78. The zero-order valence-electron chi connectivity index (χ0n) is 11.6. The Labute approximate surface area is 113 Å². The molecular formula is C14H21N3O2. The summed E-state index contributed by atoms with van der Waals surface area (Å²) in [5.74, 6) is 0.951. The molecule has 104 valence electrons. The van der Waals surface area contributed by atoms with Gasteiger partial charge in [-0.15, -0.1) is 0 Å². The van der Waals surface area contributed by atoms with Gasteiger partial charge in [-0.1, -0.05) is 6.92 Å². The summed E-state index contributed by atoms with van der Waals surface area (Å²) in [7, 11) is 0. The van der Waals surface area contributed by atoms with Gasteiger partial charge in [0.1, 0.15) is 0 Å². The summed E-state index contributed by atoms with van der Waals surface area (Å²) in [5.41, 5.74) is 6.92. The van der Waals surface area contributed by atoms with Crippen LogP contribution in [0.1, 0.15) is 37.0 Å². The summed E-state index contributed by atoms with van der Waals surface area (Å²) in [5, 5.41) is 0. The summed E-state index contributed by atoms with van der Waals surface area (Å²) in [4.78, 5) is 18.3. The molecule has 1 aliphatic heterocycles. The fourth-order valence-electron chi connectivity index (χ4n) is 2.48. The smallest absolute Gasteiger partial charge is 0.340 e. The first-order valence-corrected chi connectivity index (χ1v) is 6.80. The predicted molar refractivity (Wildman–Crippen MR) is 75.2 cm³/mol. The van der Waals surface area contributed by atoms with Crippen LogP contribution in [-0.4, -0.2) is 30.6 Å². The highest BCUT2D eigenvalue weighted by Crippen LogP contribution is 2.28. The highest BCUT2D eigenvalue weighted by Gasteiger charge is 2.22. The number of carbonyl (C=O) groups is 1. The van der Waals surface area contributed by atoms with E-state index in [9.17, 15) is 4.79 Å². The fourth-order valence-corrected chi connectivity index (χ4v) is 2.48. The maximum Gasteiger partial charge on any atom is 0.340 e. The van der Waals surface area contributed by atoms with E-state index < -0.39 is 0 Å². The van der Waals surface area contributed by atoms with Crippen molar-refractivity contribution in [2.24, 2.45) is 5.92 Å². The Morgan fingerprint density at radius 3 is 3.11 bits per heavy atom. The van der Waals surface area contributed by atoms with Gasteiger partial charge in [0.05, 0.1) is 17.9 Å². The summed E-state index contributed by atoms with van der Waals surface area (Å²) in [6, 6.07) is 1.62. The van der Waals surface area contributed by atoms with E-state index in [1.54, 1.807) is 19.2 Å². The van der Waals surface area contributed by atoms with E-state index >= 15 is 0 Å². The molecule has 0 aliphatic carbocycles. The number of esters is 1. The molecule has 5 heteroatoms. The van der Waals surface area contributed by atoms with Crippen LogP contribution in [0.2, 0.25) is 0 Å². The van der Waals surface area contributed by atoms with Gasteiger partial charge in [-0.05, 0) is 31.7 Å². The van der Waals surface area contributed by atoms with Crippen LogP contribution in [0.25, 0.3) is 0 Å². The van der Waals surface area contributed by atoms with Crippen LogP contribution >= 0.6 is 0 Å². The lowest BCUT2D eigenvalue weighted by Gasteiger charge is -2.32. The van der Waals surface area contributed by atoms with Crippen molar-refractivity contribution < 1.29 is 9.53 Å². The van der Waals surface area contributed by atoms with E-state index in [1.165, 1.54) is 6.42 Å². The molecule has 0 radical (unpaired) electrons. The van der Waals surface area contributed by atoms with Crippen molar-refractivity contribution in [2.45, 2.75) is 26.7 Å². The second kappa shape index (κ2) is 5.91. The Balaban J connectivity index is 2.26. The van der Waals surface area contributed by atoms with Crippen molar-refractivity contribution in [3.63, 3.8) is 0 Å². The molecule has 0 aromatic carbocycles. The number of hydrogen-bond donors (Lipinski definition) is 1. The number of anilines is 2. The van der Waals surface area contributed by atoms with Gasteiger partial charge in [0.15, 0.2) is 5.82 Å². The number of rotatable bonds is 3. The van der Waals surface area contributed by atoms with E-state index in [4.69, 9.17) is 10.5 Å². The number of carbonyl (C=O) groups excluding carboxylic acids is 1. The SMILES string of the molecule is CCOC(=O)c1ccnc(N2CCCC(C)C2)c1N. The zero-order valence-corrected chi connectivity index (χ0v) is 11.6. The molecule has 1 aromatic rings. The maximum absolute atomic E-state index is 11.8. The lowest BCUT2D eigenvalue weighted by molar-refractivity contribution is 0.0527. The average Bonchev–Trinajstić information content (AvgIpc) is 2.39. The van der Waals surface area contributed by atoms with Crippen molar-refractivity contribution in [1.82, 2.24) is 4.98 Å². The molecule has 1 saturated heterocycles. The van der Waals surface area contributed by atoms with Gasteiger partial charge >= 0.3 is 5.97 Å². The van der Waals surface area contributed by atoms with Crippen molar-refractivity contribution in [3.8, 4) is 0 Å². The topological polar surface area (TPSA) is 68.5 Å². The van der Waals surface area contributed by atoms with Gasteiger partial charge < -0.3 is 15.4 Å². The van der Waals surface area contributed by atoms with E-state index in [0.29, 0.717) is 29.6 Å². The molecule has 0 bridgehead atoms. The minimum Gasteiger partial charge on any atom is -0.462 e. The van der Waals surface area contributed by atoms with Gasteiger partial charge in [-0.25, -0.2) is 9.78 Å².